The molecule has 0 aromatic heterocycles. The van der Waals surface area contributed by atoms with Crippen LogP contribution in [0.1, 0.15) is 0 Å². The van der Waals surface area contributed by atoms with Crippen LogP contribution in [0.5, 0.6) is 0 Å². The number of rotatable bonds is 9. The third-order valence-electron chi connectivity index (χ3n) is 8.11. The Morgan fingerprint density at radius 3 is 0.765 bits per heavy atom. The molecule has 258 valence electrons. The summed E-state index contributed by atoms with van der Waals surface area (Å²) in [5, 5.41) is 1.80. The van der Waals surface area contributed by atoms with Gasteiger partial charge in [-0.3, -0.25) is 0 Å². The van der Waals surface area contributed by atoms with E-state index in [9.17, 15) is 0 Å². The second-order valence-electron chi connectivity index (χ2n) is 10.9. The molecule has 0 saturated carbocycles. The van der Waals surface area contributed by atoms with Crippen LogP contribution >= 0.6 is 46.2 Å². The zero-order valence-corrected chi connectivity index (χ0v) is 39.9. The van der Waals surface area contributed by atoms with Gasteiger partial charge in [-0.1, -0.05) is 182 Å². The van der Waals surface area contributed by atoms with Crippen LogP contribution in [0.25, 0.3) is 0 Å². The third kappa shape index (κ3) is 9.59. The van der Waals surface area contributed by atoms with E-state index in [1.807, 2.05) is 182 Å². The van der Waals surface area contributed by atoms with Crippen LogP contribution in [0.3, 0.4) is 0 Å². The predicted molar refractivity (Wildman–Crippen MR) is 224 cm³/mol. The van der Waals surface area contributed by atoms with Crippen molar-refractivity contribution in [2.24, 2.45) is 0 Å². The van der Waals surface area contributed by atoms with E-state index in [0.717, 1.165) is 11.1 Å². The average Bonchev–Trinajstić information content (AvgIpc) is 3.78. The van der Waals surface area contributed by atoms with Crippen molar-refractivity contribution in [3.63, 3.8) is 0 Å². The summed E-state index contributed by atoms with van der Waals surface area (Å²) in [5.74, 6) is 0. The van der Waals surface area contributed by atoms with Crippen LogP contribution in [-0.4, -0.2) is 43.0 Å². The maximum absolute atomic E-state index is 16.6. The van der Waals surface area contributed by atoms with Gasteiger partial charge in [-0.15, -0.1) is 24.8 Å². The molecule has 6 aromatic carbocycles. The van der Waals surface area contributed by atoms with E-state index in [-0.39, 0.29) is 51.0 Å². The first-order valence-electron chi connectivity index (χ1n) is 15.4. The van der Waals surface area contributed by atoms with Gasteiger partial charge < -0.3 is 13.7 Å². The second-order valence-corrected chi connectivity index (χ2v) is 41.8. The van der Waals surface area contributed by atoms with E-state index in [1.165, 1.54) is 0 Å². The molecule has 1 unspecified atom stereocenters. The summed E-state index contributed by atoms with van der Waals surface area (Å²) < 4.78 is 49.7. The Balaban J connectivity index is 0.000000809. The van der Waals surface area contributed by atoms with Gasteiger partial charge in [0, 0.05) is 58.0 Å². The summed E-state index contributed by atoms with van der Waals surface area (Å²) in [5.41, 5.74) is 0. The van der Waals surface area contributed by atoms with E-state index in [4.69, 9.17) is 0 Å². The molecule has 1 heterocycles. The number of halogens is 2. The molecule has 0 spiro atoms. The van der Waals surface area contributed by atoms with E-state index >= 15 is 13.7 Å². The molecule has 1 aliphatic rings. The van der Waals surface area contributed by atoms with E-state index < -0.39 is 26.6 Å². The summed E-state index contributed by atoms with van der Waals surface area (Å²) in [6.07, 6.45) is 0. The SMILES string of the molecule is Cl.Cl.O=P(c1ccccc1)(c1ccccc1)C(P(=O)(c1ccccc1)c1ccccc1)P(=O)(c1ccccc1)c1ccccc1.[C-]1=C[AsH][As]=[As]1.[Zr]. The minimum atomic E-state index is -3.97. The summed E-state index contributed by atoms with van der Waals surface area (Å²) in [6.45, 7) is 0. The molecule has 0 radical (unpaired) electrons. The molecule has 0 bridgehead atoms. The smallest absolute Gasteiger partial charge is 0 e. The van der Waals surface area contributed by atoms with Gasteiger partial charge in [0.25, 0.3) is 0 Å². The maximum Gasteiger partial charge on any atom is 0 e. The molecule has 0 saturated heterocycles. The minimum Gasteiger partial charge on any atom is 0 e. The van der Waals surface area contributed by atoms with Crippen molar-refractivity contribution < 1.29 is 39.9 Å². The van der Waals surface area contributed by atoms with E-state index in [0.29, 0.717) is 58.7 Å². The first-order chi connectivity index (χ1) is 23.5. The molecule has 3 nitrogen and oxygen atoms in total. The Bertz CT molecular complexity index is 1780. The monoisotopic (exact) mass is 1030 g/mol. The molecule has 51 heavy (non-hydrogen) atoms. The fourth-order valence-corrected chi connectivity index (χ4v) is 42.6. The quantitative estimate of drug-likeness (QED) is 0.0884. The molecule has 12 heteroatoms. The summed E-state index contributed by atoms with van der Waals surface area (Å²) >= 11 is 2.14. The first-order valence-corrected chi connectivity index (χ1v) is 33.8. The van der Waals surface area contributed by atoms with Crippen molar-refractivity contribution in [1.82, 2.24) is 0 Å². The molecular weight excluding hydrogens is 996 g/mol. The molecule has 1 atom stereocenters. The van der Waals surface area contributed by atoms with Crippen LogP contribution in [0.15, 0.2) is 187 Å². The van der Waals surface area contributed by atoms with Crippen LogP contribution < -0.4 is 31.8 Å². The predicted octanol–water partition coefficient (Wildman–Crippen LogP) is 7.10. The minimum absolute atomic E-state index is 0. The Morgan fingerprint density at radius 1 is 0.412 bits per heavy atom. The topological polar surface area (TPSA) is 51.2 Å². The Morgan fingerprint density at radius 2 is 0.627 bits per heavy atom. The van der Waals surface area contributed by atoms with Gasteiger partial charge in [-0.2, -0.15) is 0 Å². The summed E-state index contributed by atoms with van der Waals surface area (Å²) in [6, 6.07) is 55.2. The Kier molecular flexibility index (Phi) is 18.3. The second kappa shape index (κ2) is 21.1. The van der Waals surface area contributed by atoms with Gasteiger partial charge in [0.2, 0.25) is 0 Å². The van der Waals surface area contributed by atoms with Crippen LogP contribution in [0.2, 0.25) is 0 Å². The van der Waals surface area contributed by atoms with Gasteiger partial charge in [0.15, 0.2) is 21.4 Å². The summed E-state index contributed by atoms with van der Waals surface area (Å²) in [7, 11) is -11.9. The van der Waals surface area contributed by atoms with E-state index in [1.54, 1.807) is 0 Å². The van der Waals surface area contributed by atoms with Crippen molar-refractivity contribution in [3.05, 3.63) is 192 Å². The average molecular weight is 1030 g/mol. The molecule has 6 aromatic rings. The van der Waals surface area contributed by atoms with Gasteiger partial charge in [0.1, 0.15) is 5.14 Å². The van der Waals surface area contributed by atoms with Crippen LogP contribution in [-0.2, 0) is 39.9 Å². The van der Waals surface area contributed by atoms with Gasteiger partial charge in [-0.05, 0) is 0 Å². The standard InChI is InChI=1S/C37H31O3P3.C2H2As3.2ClH.Zr/c38-41(31-19-7-1-8-20-31,32-21-9-2-10-22-32)37(42(39,33-23-11-3-12-24-33)34-25-13-4-14-26-34)43(40,35-27-15-5-16-28-35)36-29-17-6-18-30-36;1-2-4-5-3-1;;;/h1-30,37H;1,3H;2*1H;/q;-1;;;. The molecular formula is C39H35As3Cl2O3P3Zr-. The zero-order valence-electron chi connectivity index (χ0n) is 27.3. The van der Waals surface area contributed by atoms with Gasteiger partial charge >= 0.3 is 47.6 Å². The number of hydrogen-bond donors (Lipinski definition) is 0. The maximum atomic E-state index is 16.6. The van der Waals surface area contributed by atoms with Gasteiger partial charge in [0.05, 0.1) is 0 Å². The Labute approximate surface area is 348 Å². The van der Waals surface area contributed by atoms with Gasteiger partial charge in [-0.25, -0.2) is 0 Å². The van der Waals surface area contributed by atoms with Crippen molar-refractivity contribution in [1.29, 1.82) is 0 Å². The van der Waals surface area contributed by atoms with Crippen LogP contribution in [0.4, 0.5) is 0 Å². The van der Waals surface area contributed by atoms with Crippen molar-refractivity contribution in [3.8, 4) is 0 Å². The zero-order chi connectivity index (χ0) is 33.3. The fraction of sp³-hybridized carbons (Fsp3) is 0.0256. The Hall–Kier alpha value is -1.11. The largest absolute Gasteiger partial charge is 0 e. The fourth-order valence-electron chi connectivity index (χ4n) is 5.98. The molecule has 7 rings (SSSR count). The molecule has 0 fully saturated rings. The molecule has 1 aliphatic heterocycles. The third-order valence-corrected chi connectivity index (χ3v) is 42.2. The van der Waals surface area contributed by atoms with Crippen molar-refractivity contribution in [2.75, 3.05) is 0 Å². The van der Waals surface area contributed by atoms with E-state index in [2.05, 4.69) is 9.73 Å². The summed E-state index contributed by atoms with van der Waals surface area (Å²) in [4.78, 5) is 5.61. The van der Waals surface area contributed by atoms with Crippen molar-refractivity contribution >= 4 is 116 Å². The normalized spacial score (nSPS) is 13.1. The van der Waals surface area contributed by atoms with Crippen molar-refractivity contribution in [2.45, 2.75) is 5.14 Å². The number of benzene rings is 6. The molecule has 0 amide bonds. The van der Waals surface area contributed by atoms with Crippen LogP contribution in [0, 0.1) is 4.86 Å². The first kappa shape index (κ1) is 44.3. The number of hydrogen-bond acceptors (Lipinski definition) is 3. The molecule has 0 N–H and O–H groups in total. The molecule has 0 aliphatic carbocycles.